The second-order valence-corrected chi connectivity index (χ2v) is 9.77. The highest BCUT2D eigenvalue weighted by atomic mass is 32.2. The number of ether oxygens (including phenoxy) is 1. The van der Waals surface area contributed by atoms with Gasteiger partial charge in [0, 0.05) is 32.3 Å². The number of carbonyl (C=O) groups excluding carboxylic acids is 1. The highest BCUT2D eigenvalue weighted by molar-refractivity contribution is 7.89. The van der Waals surface area contributed by atoms with E-state index in [9.17, 15) is 26.4 Å². The van der Waals surface area contributed by atoms with Crippen molar-refractivity contribution in [3.63, 3.8) is 0 Å². The third kappa shape index (κ3) is 4.63. The first-order valence-corrected chi connectivity index (χ1v) is 11.2. The average molecular weight is 449 g/mol. The number of hydrogen-bond acceptors (Lipinski definition) is 5. The maximum Gasteiger partial charge on any atom is 0.416 e. The van der Waals surface area contributed by atoms with Crippen LogP contribution in [0.1, 0.15) is 38.2 Å². The number of rotatable bonds is 6. The van der Waals surface area contributed by atoms with Gasteiger partial charge in [-0.1, -0.05) is 6.07 Å². The van der Waals surface area contributed by atoms with Crippen LogP contribution in [0.5, 0.6) is 0 Å². The lowest BCUT2D eigenvalue weighted by Crippen LogP contribution is -2.58. The molecule has 1 atom stereocenters. The Morgan fingerprint density at radius 1 is 1.17 bits per heavy atom. The van der Waals surface area contributed by atoms with E-state index in [4.69, 9.17) is 10.5 Å². The van der Waals surface area contributed by atoms with Crippen LogP contribution in [-0.2, 0) is 25.7 Å². The number of nitrogens with two attached hydrogens (primary N) is 1. The van der Waals surface area contributed by atoms with Gasteiger partial charge in [-0.15, -0.1) is 0 Å². The van der Waals surface area contributed by atoms with Crippen molar-refractivity contribution in [2.45, 2.75) is 61.5 Å². The predicted octanol–water partition coefficient (Wildman–Crippen LogP) is 2.17. The van der Waals surface area contributed by atoms with E-state index in [0.29, 0.717) is 44.8 Å². The first-order valence-electron chi connectivity index (χ1n) is 9.72. The molecule has 11 heteroatoms. The number of benzene rings is 1. The van der Waals surface area contributed by atoms with E-state index in [1.165, 1.54) is 29.3 Å². The summed E-state index contributed by atoms with van der Waals surface area (Å²) in [6, 6.07) is 3.21. The molecule has 2 fully saturated rings. The summed E-state index contributed by atoms with van der Waals surface area (Å²) in [4.78, 5) is 13.6. The SMILES string of the molecule is COC(C)(N)C(=O)N1CCC(N(C2CC2)S(=O)(=O)c2cccc(C(F)(F)F)c2)CC1. The molecule has 1 aliphatic carbocycles. The topological polar surface area (TPSA) is 92.9 Å². The van der Waals surface area contributed by atoms with E-state index in [0.717, 1.165) is 12.1 Å². The fourth-order valence-corrected chi connectivity index (χ4v) is 5.68. The van der Waals surface area contributed by atoms with Crippen LogP contribution in [0.4, 0.5) is 13.2 Å². The Labute approximate surface area is 174 Å². The smallest absolute Gasteiger partial charge is 0.355 e. The number of halogens is 3. The van der Waals surface area contributed by atoms with E-state index in [1.807, 2.05) is 0 Å². The number of carbonyl (C=O) groups is 1. The van der Waals surface area contributed by atoms with Crippen molar-refractivity contribution in [3.05, 3.63) is 29.8 Å². The standard InChI is InChI=1S/C19H26F3N3O4S/c1-18(23,29-2)17(26)24-10-8-15(9-11-24)25(14-6-7-14)30(27,28)16-5-3-4-13(12-16)19(20,21)22/h3-5,12,14-15H,6-11,23H2,1-2H3. The molecule has 1 amide bonds. The molecule has 1 aliphatic heterocycles. The first-order chi connectivity index (χ1) is 13.9. The van der Waals surface area contributed by atoms with Gasteiger partial charge in [-0.05, 0) is 50.8 Å². The first kappa shape index (κ1) is 23.0. The largest absolute Gasteiger partial charge is 0.416 e. The van der Waals surface area contributed by atoms with E-state index < -0.39 is 33.5 Å². The number of methoxy groups -OCH3 is 1. The Bertz CT molecular complexity index is 893. The van der Waals surface area contributed by atoms with Crippen molar-refractivity contribution < 1.29 is 31.1 Å². The maximum absolute atomic E-state index is 13.3. The highest BCUT2D eigenvalue weighted by Crippen LogP contribution is 2.38. The van der Waals surface area contributed by atoms with Crippen LogP contribution in [0.15, 0.2) is 29.2 Å². The maximum atomic E-state index is 13.3. The average Bonchev–Trinajstić information content (AvgIpc) is 3.52. The molecule has 1 saturated carbocycles. The van der Waals surface area contributed by atoms with Gasteiger partial charge in [0.1, 0.15) is 0 Å². The molecule has 1 aromatic rings. The Morgan fingerprint density at radius 2 is 1.73 bits per heavy atom. The summed E-state index contributed by atoms with van der Waals surface area (Å²) in [5.74, 6) is -0.387. The van der Waals surface area contributed by atoms with Gasteiger partial charge in [0.25, 0.3) is 5.91 Å². The third-order valence-electron chi connectivity index (χ3n) is 5.60. The molecule has 2 N–H and O–H groups in total. The number of hydrogen-bond donors (Lipinski definition) is 1. The number of likely N-dealkylation sites (tertiary alicyclic amines) is 1. The third-order valence-corrected chi connectivity index (χ3v) is 7.60. The molecule has 0 radical (unpaired) electrons. The normalized spacial score (nSPS) is 21.0. The van der Waals surface area contributed by atoms with E-state index in [-0.39, 0.29) is 16.8 Å². The van der Waals surface area contributed by atoms with Gasteiger partial charge < -0.3 is 9.64 Å². The minimum Gasteiger partial charge on any atom is -0.355 e. The van der Waals surface area contributed by atoms with Crippen LogP contribution < -0.4 is 5.73 Å². The van der Waals surface area contributed by atoms with E-state index in [2.05, 4.69) is 0 Å². The van der Waals surface area contributed by atoms with Gasteiger partial charge in [-0.3, -0.25) is 10.5 Å². The van der Waals surface area contributed by atoms with Crippen molar-refractivity contribution >= 4 is 15.9 Å². The van der Waals surface area contributed by atoms with Crippen LogP contribution >= 0.6 is 0 Å². The minimum absolute atomic E-state index is 0.226. The summed E-state index contributed by atoms with van der Waals surface area (Å²) in [7, 11) is -2.78. The summed E-state index contributed by atoms with van der Waals surface area (Å²) in [5.41, 5.74) is 3.36. The Balaban J connectivity index is 1.80. The molecule has 1 heterocycles. The van der Waals surface area contributed by atoms with Gasteiger partial charge in [0.15, 0.2) is 5.72 Å². The van der Waals surface area contributed by atoms with Crippen molar-refractivity contribution in [1.82, 2.24) is 9.21 Å². The molecule has 168 valence electrons. The van der Waals surface area contributed by atoms with Gasteiger partial charge in [-0.2, -0.15) is 17.5 Å². The van der Waals surface area contributed by atoms with Crippen molar-refractivity contribution in [3.8, 4) is 0 Å². The molecule has 0 spiro atoms. The summed E-state index contributed by atoms with van der Waals surface area (Å²) in [6.07, 6.45) is -2.54. The molecule has 0 bridgehead atoms. The summed E-state index contributed by atoms with van der Waals surface area (Å²) in [6.45, 7) is 2.04. The summed E-state index contributed by atoms with van der Waals surface area (Å²) in [5, 5.41) is 0. The number of sulfonamides is 1. The summed E-state index contributed by atoms with van der Waals surface area (Å²) >= 11 is 0. The van der Waals surface area contributed by atoms with Crippen LogP contribution in [0.3, 0.4) is 0 Å². The van der Waals surface area contributed by atoms with Crippen LogP contribution in [0.2, 0.25) is 0 Å². The molecular weight excluding hydrogens is 423 g/mol. The summed E-state index contributed by atoms with van der Waals surface area (Å²) < 4.78 is 72.0. The van der Waals surface area contributed by atoms with Gasteiger partial charge in [0.2, 0.25) is 10.0 Å². The van der Waals surface area contributed by atoms with Crippen LogP contribution in [-0.4, -0.2) is 61.5 Å². The molecule has 1 saturated heterocycles. The lowest BCUT2D eigenvalue weighted by atomic mass is 10.0. The van der Waals surface area contributed by atoms with E-state index in [1.54, 1.807) is 0 Å². The fourth-order valence-electron chi connectivity index (χ4n) is 3.70. The predicted molar refractivity (Wildman–Crippen MR) is 103 cm³/mol. The Kier molecular flexibility index (Phi) is 6.21. The molecule has 7 nitrogen and oxygen atoms in total. The second kappa shape index (κ2) is 8.10. The molecule has 3 rings (SSSR count). The number of alkyl halides is 3. The lowest BCUT2D eigenvalue weighted by molar-refractivity contribution is -0.153. The minimum atomic E-state index is -4.63. The Morgan fingerprint density at radius 3 is 2.23 bits per heavy atom. The number of piperidine rings is 1. The molecule has 1 aromatic carbocycles. The van der Waals surface area contributed by atoms with Crippen LogP contribution in [0, 0.1) is 0 Å². The zero-order chi connectivity index (χ0) is 22.3. The zero-order valence-electron chi connectivity index (χ0n) is 16.9. The van der Waals surface area contributed by atoms with Crippen molar-refractivity contribution in [2.24, 2.45) is 5.73 Å². The monoisotopic (exact) mass is 449 g/mol. The highest BCUT2D eigenvalue weighted by Gasteiger charge is 2.45. The van der Waals surface area contributed by atoms with Gasteiger partial charge >= 0.3 is 6.18 Å². The van der Waals surface area contributed by atoms with Crippen molar-refractivity contribution in [1.29, 1.82) is 0 Å². The van der Waals surface area contributed by atoms with Crippen molar-refractivity contribution in [2.75, 3.05) is 20.2 Å². The van der Waals surface area contributed by atoms with Gasteiger partial charge in [-0.25, -0.2) is 8.42 Å². The number of nitrogens with zero attached hydrogens (tertiary/aromatic N) is 2. The molecule has 2 aliphatic rings. The molecule has 30 heavy (non-hydrogen) atoms. The quantitative estimate of drug-likeness (QED) is 0.672. The van der Waals surface area contributed by atoms with Crippen LogP contribution in [0.25, 0.3) is 0 Å². The number of amides is 1. The Hall–Kier alpha value is -1.69. The lowest BCUT2D eigenvalue weighted by Gasteiger charge is -2.40. The zero-order valence-corrected chi connectivity index (χ0v) is 17.7. The second-order valence-electron chi connectivity index (χ2n) is 7.93. The molecule has 1 unspecified atom stereocenters. The molecule has 0 aromatic heterocycles. The fraction of sp³-hybridized carbons (Fsp3) is 0.632. The van der Waals surface area contributed by atoms with E-state index >= 15 is 0 Å². The van der Waals surface area contributed by atoms with Gasteiger partial charge in [0.05, 0.1) is 10.5 Å². The molecular formula is C19H26F3N3O4S.